The number of Topliss-reactive ketones (excluding diaryl/α,β-unsaturated/α-hetero) is 1. The van der Waals surface area contributed by atoms with Gasteiger partial charge in [0.05, 0.1) is 0 Å². The summed E-state index contributed by atoms with van der Waals surface area (Å²) in [6.07, 6.45) is 0. The number of ketones is 1. The van der Waals surface area contributed by atoms with Crippen LogP contribution < -0.4 is 5.43 Å². The van der Waals surface area contributed by atoms with Gasteiger partial charge >= 0.3 is 0 Å². The van der Waals surface area contributed by atoms with Crippen molar-refractivity contribution >= 4 is 16.8 Å². The maximum Gasteiger partial charge on any atom is 0.207 e. The molecule has 0 unspecified atom stereocenters. The minimum Gasteiger partial charge on any atom is -0.508 e. The van der Waals surface area contributed by atoms with Crippen molar-refractivity contribution in [2.24, 2.45) is 0 Å². The summed E-state index contributed by atoms with van der Waals surface area (Å²) in [5.74, 6) is -1.29. The number of phenols is 2. The summed E-state index contributed by atoms with van der Waals surface area (Å²) in [5.41, 5.74) is -0.950. The normalized spacial score (nSPS) is 11.0. The SMILES string of the molecule is COCC(=O)c1c(COC)oc2cc(O)cc(O)c2c1=O. The molecule has 0 bridgehead atoms. The Bertz CT molecular complexity index is 745. The van der Waals surface area contributed by atoms with Crippen molar-refractivity contribution < 1.29 is 28.9 Å². The van der Waals surface area contributed by atoms with Gasteiger partial charge in [0.2, 0.25) is 5.43 Å². The van der Waals surface area contributed by atoms with Crippen molar-refractivity contribution in [3.8, 4) is 11.5 Å². The zero-order valence-corrected chi connectivity index (χ0v) is 11.5. The highest BCUT2D eigenvalue weighted by Gasteiger charge is 2.22. The average molecular weight is 294 g/mol. The van der Waals surface area contributed by atoms with Crippen molar-refractivity contribution in [2.45, 2.75) is 6.61 Å². The number of carbonyl (C=O) groups is 1. The van der Waals surface area contributed by atoms with E-state index in [1.54, 1.807) is 0 Å². The zero-order valence-electron chi connectivity index (χ0n) is 11.5. The average Bonchev–Trinajstić information content (AvgIpc) is 2.38. The van der Waals surface area contributed by atoms with Gasteiger partial charge in [0.1, 0.15) is 47.0 Å². The van der Waals surface area contributed by atoms with Gasteiger partial charge in [0, 0.05) is 26.4 Å². The second kappa shape index (κ2) is 5.94. The van der Waals surface area contributed by atoms with Crippen molar-refractivity contribution in [2.75, 3.05) is 20.8 Å². The van der Waals surface area contributed by atoms with Crippen LogP contribution in [0.15, 0.2) is 21.3 Å². The number of methoxy groups -OCH3 is 2. The van der Waals surface area contributed by atoms with E-state index in [2.05, 4.69) is 0 Å². The number of fused-ring (bicyclic) bond motifs is 1. The minimum atomic E-state index is -0.692. The molecule has 7 nitrogen and oxygen atoms in total. The molecular weight excluding hydrogens is 280 g/mol. The predicted octanol–water partition coefficient (Wildman–Crippen LogP) is 1.18. The van der Waals surface area contributed by atoms with Crippen LogP contribution in [-0.2, 0) is 16.1 Å². The molecule has 0 aliphatic carbocycles. The third kappa shape index (κ3) is 2.74. The van der Waals surface area contributed by atoms with Gasteiger partial charge in [-0.15, -0.1) is 0 Å². The fourth-order valence-electron chi connectivity index (χ4n) is 2.05. The summed E-state index contributed by atoms with van der Waals surface area (Å²) in [6, 6.07) is 2.18. The van der Waals surface area contributed by atoms with Crippen LogP contribution in [0.5, 0.6) is 11.5 Å². The minimum absolute atomic E-state index is 0.0158. The Labute approximate surface area is 119 Å². The first-order valence-corrected chi connectivity index (χ1v) is 6.02. The molecule has 1 aromatic carbocycles. The van der Waals surface area contributed by atoms with Crippen molar-refractivity contribution in [1.82, 2.24) is 0 Å². The molecule has 1 aromatic heterocycles. The summed E-state index contributed by atoms with van der Waals surface area (Å²) in [4.78, 5) is 24.5. The van der Waals surface area contributed by atoms with E-state index in [9.17, 15) is 19.8 Å². The van der Waals surface area contributed by atoms with E-state index in [1.807, 2.05) is 0 Å². The fourth-order valence-corrected chi connectivity index (χ4v) is 2.05. The highest BCUT2D eigenvalue weighted by molar-refractivity contribution is 6.01. The summed E-state index contributed by atoms with van der Waals surface area (Å²) in [5, 5.41) is 19.1. The largest absolute Gasteiger partial charge is 0.508 e. The molecule has 0 saturated heterocycles. The van der Waals surface area contributed by atoms with Gasteiger partial charge in [-0.3, -0.25) is 9.59 Å². The van der Waals surface area contributed by atoms with Crippen LogP contribution in [0.3, 0.4) is 0 Å². The van der Waals surface area contributed by atoms with E-state index in [0.29, 0.717) is 0 Å². The van der Waals surface area contributed by atoms with Gasteiger partial charge < -0.3 is 24.1 Å². The number of carbonyl (C=O) groups excluding carboxylic acids is 1. The zero-order chi connectivity index (χ0) is 15.6. The molecule has 0 fully saturated rings. The molecule has 0 atom stereocenters. The number of hydrogen-bond acceptors (Lipinski definition) is 7. The molecule has 2 rings (SSSR count). The Morgan fingerprint density at radius 3 is 2.57 bits per heavy atom. The van der Waals surface area contributed by atoms with Gasteiger partial charge in [-0.2, -0.15) is 0 Å². The van der Waals surface area contributed by atoms with Crippen LogP contribution in [0, 0.1) is 0 Å². The van der Waals surface area contributed by atoms with Gasteiger partial charge in [-0.25, -0.2) is 0 Å². The summed E-state index contributed by atoms with van der Waals surface area (Å²) >= 11 is 0. The van der Waals surface area contributed by atoms with Crippen molar-refractivity contribution in [3.05, 3.63) is 33.7 Å². The lowest BCUT2D eigenvalue weighted by Crippen LogP contribution is -2.22. The summed E-state index contributed by atoms with van der Waals surface area (Å²) < 4.78 is 15.1. The van der Waals surface area contributed by atoms with Crippen LogP contribution in [0.25, 0.3) is 11.0 Å². The van der Waals surface area contributed by atoms with Gasteiger partial charge in [-0.05, 0) is 0 Å². The maximum absolute atomic E-state index is 12.4. The lowest BCUT2D eigenvalue weighted by Gasteiger charge is -2.09. The van der Waals surface area contributed by atoms with Crippen molar-refractivity contribution in [3.63, 3.8) is 0 Å². The second-order valence-electron chi connectivity index (χ2n) is 4.36. The van der Waals surface area contributed by atoms with Gasteiger partial charge in [-0.1, -0.05) is 0 Å². The fraction of sp³-hybridized carbons (Fsp3) is 0.286. The number of phenolic OH excluding ortho intramolecular Hbond substituents is 2. The number of rotatable bonds is 5. The van der Waals surface area contributed by atoms with Gasteiger partial charge in [0.25, 0.3) is 0 Å². The molecule has 2 aromatic rings. The summed E-state index contributed by atoms with van der Waals surface area (Å²) in [6.45, 7) is -0.405. The van der Waals surface area contributed by atoms with Crippen molar-refractivity contribution in [1.29, 1.82) is 0 Å². The Kier molecular flexibility index (Phi) is 4.25. The van der Waals surface area contributed by atoms with E-state index in [-0.39, 0.29) is 41.3 Å². The molecule has 0 aliphatic heterocycles. The first-order chi connectivity index (χ1) is 9.99. The smallest absolute Gasteiger partial charge is 0.207 e. The molecule has 0 aliphatic rings. The topological polar surface area (TPSA) is 106 Å². The molecule has 0 amide bonds. The van der Waals surface area contributed by atoms with Crippen LogP contribution in [0.4, 0.5) is 0 Å². The quantitative estimate of drug-likeness (QED) is 0.797. The third-order valence-corrected chi connectivity index (χ3v) is 2.86. The third-order valence-electron chi connectivity index (χ3n) is 2.86. The molecule has 0 radical (unpaired) electrons. The first-order valence-electron chi connectivity index (χ1n) is 6.02. The van der Waals surface area contributed by atoms with Crippen LogP contribution in [-0.4, -0.2) is 36.8 Å². The number of benzene rings is 1. The molecule has 112 valence electrons. The number of hydrogen-bond donors (Lipinski definition) is 2. The highest BCUT2D eigenvalue weighted by atomic mass is 16.5. The Morgan fingerprint density at radius 2 is 1.95 bits per heavy atom. The number of ether oxygens (including phenoxy) is 2. The lowest BCUT2D eigenvalue weighted by atomic mass is 10.1. The molecule has 7 heteroatoms. The standard InChI is InChI=1S/C14H14O7/c1-19-5-9(17)13-11(6-20-2)21-10-4-7(15)3-8(16)12(10)14(13)18/h3-4,15-16H,5-6H2,1-2H3. The van der Waals surface area contributed by atoms with Crippen LogP contribution in [0.2, 0.25) is 0 Å². The molecular formula is C14H14O7. The molecule has 1 heterocycles. The van der Waals surface area contributed by atoms with E-state index in [4.69, 9.17) is 13.9 Å². The summed E-state index contributed by atoms with van der Waals surface area (Å²) in [7, 11) is 2.71. The van der Waals surface area contributed by atoms with Gasteiger partial charge in [0.15, 0.2) is 5.78 Å². The van der Waals surface area contributed by atoms with E-state index in [0.717, 1.165) is 6.07 Å². The molecule has 0 spiro atoms. The molecule has 21 heavy (non-hydrogen) atoms. The first kappa shape index (κ1) is 15.0. The van der Waals surface area contributed by atoms with E-state index in [1.165, 1.54) is 20.3 Å². The van der Waals surface area contributed by atoms with Crippen LogP contribution in [0.1, 0.15) is 16.1 Å². The molecule has 0 saturated carbocycles. The lowest BCUT2D eigenvalue weighted by molar-refractivity contribution is 0.0836. The van der Waals surface area contributed by atoms with E-state index < -0.39 is 17.0 Å². The predicted molar refractivity (Wildman–Crippen MR) is 72.7 cm³/mol. The monoisotopic (exact) mass is 294 g/mol. The maximum atomic E-state index is 12.4. The Hall–Kier alpha value is -2.38. The van der Waals surface area contributed by atoms with E-state index >= 15 is 0 Å². The number of aromatic hydroxyl groups is 2. The highest BCUT2D eigenvalue weighted by Crippen LogP contribution is 2.29. The van der Waals surface area contributed by atoms with Crippen LogP contribution >= 0.6 is 0 Å². The Balaban J connectivity index is 2.82. The second-order valence-corrected chi connectivity index (χ2v) is 4.36. The Morgan fingerprint density at radius 1 is 1.24 bits per heavy atom. The molecule has 2 N–H and O–H groups in total.